The average Bonchev–Trinajstić information content (AvgIpc) is 2.28. The summed E-state index contributed by atoms with van der Waals surface area (Å²) in [5.74, 6) is 0.868. The number of nitrogens with two attached hydrogens (primary N) is 1. The van der Waals surface area contributed by atoms with Crippen LogP contribution in [0, 0.1) is 6.92 Å². The number of hydrogen-bond donors (Lipinski definition) is 2. The molecule has 1 rings (SSSR count). The van der Waals surface area contributed by atoms with Crippen molar-refractivity contribution in [1.29, 1.82) is 0 Å². The smallest absolute Gasteiger partial charge is 0.122 e. The molecule has 1 aromatic carbocycles. The van der Waals surface area contributed by atoms with Gasteiger partial charge in [0.2, 0.25) is 0 Å². The van der Waals surface area contributed by atoms with E-state index in [1.165, 1.54) is 0 Å². The minimum absolute atomic E-state index is 0.783. The molecule has 0 bridgehead atoms. The summed E-state index contributed by atoms with van der Waals surface area (Å²) in [5, 5.41) is 3.14. The fourth-order valence-corrected chi connectivity index (χ4v) is 1.81. The Morgan fingerprint density at radius 2 is 1.94 bits per heavy atom. The zero-order valence-electron chi connectivity index (χ0n) is 10.6. The fraction of sp³-hybridized carbons (Fsp3) is 0.385. The second-order valence-corrected chi connectivity index (χ2v) is 3.86. The molecule has 3 nitrogen and oxygen atoms in total. The molecule has 3 N–H and O–H groups in total. The van der Waals surface area contributed by atoms with E-state index in [0.29, 0.717) is 0 Å². The molecule has 0 spiro atoms. The first-order chi connectivity index (χ1) is 7.52. The van der Waals surface area contributed by atoms with Gasteiger partial charge in [-0.2, -0.15) is 0 Å². The molecule has 16 heavy (non-hydrogen) atoms. The van der Waals surface area contributed by atoms with Crippen molar-refractivity contribution >= 4 is 11.3 Å². The van der Waals surface area contributed by atoms with Gasteiger partial charge < -0.3 is 15.8 Å². The molecule has 0 heterocycles. The van der Waals surface area contributed by atoms with Gasteiger partial charge in [-0.3, -0.25) is 0 Å². The zero-order valence-corrected chi connectivity index (χ0v) is 10.6. The Morgan fingerprint density at radius 3 is 2.44 bits per heavy atom. The van der Waals surface area contributed by atoms with Gasteiger partial charge in [-0.05, 0) is 38.5 Å². The van der Waals surface area contributed by atoms with Gasteiger partial charge in [0.1, 0.15) is 5.75 Å². The zero-order chi connectivity index (χ0) is 12.3. The summed E-state index contributed by atoms with van der Waals surface area (Å²) in [6.07, 6.45) is 0. The number of benzene rings is 1. The Balaban J connectivity index is 3.43. The highest BCUT2D eigenvalue weighted by Crippen LogP contribution is 2.32. The second-order valence-electron chi connectivity index (χ2n) is 3.86. The van der Waals surface area contributed by atoms with Crippen LogP contribution in [0.2, 0.25) is 0 Å². The number of nitrogen functional groups attached to an aromatic ring is 1. The Bertz CT molecular complexity index is 422. The normalized spacial score (nSPS) is 12.1. The molecule has 0 aliphatic carbocycles. The van der Waals surface area contributed by atoms with E-state index < -0.39 is 0 Å². The Labute approximate surface area is 97.3 Å². The van der Waals surface area contributed by atoms with Crippen LogP contribution in [0.15, 0.2) is 17.8 Å². The van der Waals surface area contributed by atoms with Crippen molar-refractivity contribution in [3.05, 3.63) is 29.0 Å². The van der Waals surface area contributed by atoms with Crippen molar-refractivity contribution in [3.63, 3.8) is 0 Å². The highest BCUT2D eigenvalue weighted by atomic mass is 16.5. The monoisotopic (exact) mass is 220 g/mol. The molecule has 0 aromatic heterocycles. The molecule has 0 unspecified atom stereocenters. The van der Waals surface area contributed by atoms with Crippen LogP contribution in [0.4, 0.5) is 5.69 Å². The minimum Gasteiger partial charge on any atom is -0.496 e. The van der Waals surface area contributed by atoms with Crippen molar-refractivity contribution in [2.24, 2.45) is 0 Å². The number of ether oxygens (including phenoxy) is 1. The van der Waals surface area contributed by atoms with E-state index in [-0.39, 0.29) is 0 Å². The van der Waals surface area contributed by atoms with Gasteiger partial charge in [-0.1, -0.05) is 0 Å². The maximum atomic E-state index is 6.02. The lowest BCUT2D eigenvalue weighted by Crippen LogP contribution is -2.06. The maximum absolute atomic E-state index is 6.02. The van der Waals surface area contributed by atoms with Crippen LogP contribution in [-0.4, -0.2) is 14.2 Å². The van der Waals surface area contributed by atoms with Crippen molar-refractivity contribution in [2.75, 3.05) is 19.9 Å². The molecule has 0 atom stereocenters. The summed E-state index contributed by atoms with van der Waals surface area (Å²) in [4.78, 5) is 0. The van der Waals surface area contributed by atoms with Crippen LogP contribution < -0.4 is 15.8 Å². The maximum Gasteiger partial charge on any atom is 0.122 e. The number of methoxy groups -OCH3 is 1. The lowest BCUT2D eigenvalue weighted by Gasteiger charge is -2.15. The molecular formula is C13H20N2O. The van der Waals surface area contributed by atoms with E-state index in [4.69, 9.17) is 10.5 Å². The van der Waals surface area contributed by atoms with Gasteiger partial charge >= 0.3 is 0 Å². The van der Waals surface area contributed by atoms with E-state index in [1.807, 2.05) is 33.0 Å². The molecule has 0 aliphatic heterocycles. The SMILES string of the molecule is CN/C(C)=C(/C)c1c(N)ccc(OC)c1C. The molecule has 88 valence electrons. The van der Waals surface area contributed by atoms with E-state index in [2.05, 4.69) is 12.2 Å². The largest absolute Gasteiger partial charge is 0.496 e. The summed E-state index contributed by atoms with van der Waals surface area (Å²) in [5.41, 5.74) is 11.2. The third-order valence-corrected chi connectivity index (χ3v) is 2.98. The third kappa shape index (κ3) is 2.13. The Kier molecular flexibility index (Phi) is 3.82. The molecule has 0 saturated carbocycles. The van der Waals surface area contributed by atoms with Gasteiger partial charge in [0.25, 0.3) is 0 Å². The Morgan fingerprint density at radius 1 is 1.31 bits per heavy atom. The summed E-state index contributed by atoms with van der Waals surface area (Å²) in [7, 11) is 3.58. The lowest BCUT2D eigenvalue weighted by atomic mass is 9.97. The minimum atomic E-state index is 0.783. The lowest BCUT2D eigenvalue weighted by molar-refractivity contribution is 0.411. The van der Waals surface area contributed by atoms with Gasteiger partial charge in [-0.25, -0.2) is 0 Å². The Hall–Kier alpha value is -1.64. The predicted molar refractivity (Wildman–Crippen MR) is 69.5 cm³/mol. The second kappa shape index (κ2) is 4.92. The standard InChI is InChI=1S/C13H20N2O/c1-8(10(3)15-4)13-9(2)12(16-5)7-6-11(13)14/h6-7,15H,14H2,1-5H3/b10-8-. The molecule has 0 amide bonds. The summed E-state index contributed by atoms with van der Waals surface area (Å²) < 4.78 is 5.31. The van der Waals surface area contributed by atoms with E-state index in [1.54, 1.807) is 7.11 Å². The number of allylic oxidation sites excluding steroid dienone is 2. The average molecular weight is 220 g/mol. The molecule has 0 fully saturated rings. The fourth-order valence-electron chi connectivity index (χ4n) is 1.81. The molecule has 0 saturated heterocycles. The number of rotatable bonds is 3. The molecule has 0 radical (unpaired) electrons. The van der Waals surface area contributed by atoms with Gasteiger partial charge in [0.05, 0.1) is 7.11 Å². The van der Waals surface area contributed by atoms with Crippen LogP contribution in [0.5, 0.6) is 5.75 Å². The quantitative estimate of drug-likeness (QED) is 0.770. The number of nitrogens with one attached hydrogen (secondary N) is 1. The van der Waals surface area contributed by atoms with Crippen molar-refractivity contribution in [1.82, 2.24) is 5.32 Å². The van der Waals surface area contributed by atoms with Crippen molar-refractivity contribution in [2.45, 2.75) is 20.8 Å². The number of anilines is 1. The predicted octanol–water partition coefficient (Wildman–Crippen LogP) is 2.56. The summed E-state index contributed by atoms with van der Waals surface area (Å²) >= 11 is 0. The third-order valence-electron chi connectivity index (χ3n) is 2.98. The van der Waals surface area contributed by atoms with Crippen molar-refractivity contribution in [3.8, 4) is 5.75 Å². The van der Waals surface area contributed by atoms with Gasteiger partial charge in [0, 0.05) is 29.6 Å². The van der Waals surface area contributed by atoms with Crippen molar-refractivity contribution < 1.29 is 4.74 Å². The van der Waals surface area contributed by atoms with Gasteiger partial charge in [0.15, 0.2) is 0 Å². The molecule has 1 aromatic rings. The van der Waals surface area contributed by atoms with E-state index >= 15 is 0 Å². The first-order valence-corrected chi connectivity index (χ1v) is 5.31. The first kappa shape index (κ1) is 12.4. The van der Waals surface area contributed by atoms with Crippen LogP contribution in [0.1, 0.15) is 25.0 Å². The highest BCUT2D eigenvalue weighted by molar-refractivity contribution is 5.79. The summed E-state index contributed by atoms with van der Waals surface area (Å²) in [6, 6.07) is 3.78. The van der Waals surface area contributed by atoms with Crippen LogP contribution in [0.25, 0.3) is 5.57 Å². The number of hydrogen-bond acceptors (Lipinski definition) is 3. The van der Waals surface area contributed by atoms with Crippen LogP contribution in [-0.2, 0) is 0 Å². The molecule has 0 aliphatic rings. The topological polar surface area (TPSA) is 47.3 Å². The van der Waals surface area contributed by atoms with Crippen LogP contribution in [0.3, 0.4) is 0 Å². The highest BCUT2D eigenvalue weighted by Gasteiger charge is 2.11. The van der Waals surface area contributed by atoms with E-state index in [0.717, 1.165) is 33.8 Å². The summed E-state index contributed by atoms with van der Waals surface area (Å²) in [6.45, 7) is 6.12. The molecule has 3 heteroatoms. The first-order valence-electron chi connectivity index (χ1n) is 5.31. The van der Waals surface area contributed by atoms with Crippen LogP contribution >= 0.6 is 0 Å². The van der Waals surface area contributed by atoms with Gasteiger partial charge in [-0.15, -0.1) is 0 Å². The van der Waals surface area contributed by atoms with E-state index in [9.17, 15) is 0 Å². The molecular weight excluding hydrogens is 200 g/mol.